The number of aromatic amines is 1. The second-order valence-corrected chi connectivity index (χ2v) is 3.98. The Bertz CT molecular complexity index is 462. The monoisotopic (exact) mass is 207 g/mol. The summed E-state index contributed by atoms with van der Waals surface area (Å²) in [6.07, 6.45) is 2.09. The van der Waals surface area contributed by atoms with E-state index >= 15 is 0 Å². The highest BCUT2D eigenvalue weighted by Crippen LogP contribution is 2.34. The van der Waals surface area contributed by atoms with E-state index in [-0.39, 0.29) is 0 Å². The molecule has 0 aliphatic rings. The summed E-state index contributed by atoms with van der Waals surface area (Å²) < 4.78 is 5.30. The van der Waals surface area contributed by atoms with Crippen molar-refractivity contribution in [1.82, 2.24) is 4.98 Å². The van der Waals surface area contributed by atoms with Gasteiger partial charge < -0.3 is 9.72 Å². The number of hydrogen-bond donors (Lipinski definition) is 1. The largest absolute Gasteiger partial charge is 0.495 e. The van der Waals surface area contributed by atoms with Crippen molar-refractivity contribution in [3.8, 4) is 5.75 Å². The molecule has 0 aliphatic carbocycles. The number of ether oxygens (including phenoxy) is 1. The fourth-order valence-corrected chi connectivity index (χ4v) is 2.48. The standard InChI is InChI=1S/C11H13NOS/c1-7-11(14-3)8-5-4-6-9(13-2)10(8)12-7/h4-6,12H,1-3H3. The van der Waals surface area contributed by atoms with E-state index < -0.39 is 0 Å². The molecule has 0 spiro atoms. The number of hydrogen-bond acceptors (Lipinski definition) is 2. The van der Waals surface area contributed by atoms with Crippen molar-refractivity contribution in [1.29, 1.82) is 0 Å². The van der Waals surface area contributed by atoms with Crippen molar-refractivity contribution in [2.45, 2.75) is 11.8 Å². The summed E-state index contributed by atoms with van der Waals surface area (Å²) in [6.45, 7) is 2.09. The minimum absolute atomic E-state index is 0.908. The van der Waals surface area contributed by atoms with Gasteiger partial charge in [0.25, 0.3) is 0 Å². The van der Waals surface area contributed by atoms with Gasteiger partial charge in [0.05, 0.1) is 12.6 Å². The zero-order valence-electron chi connectivity index (χ0n) is 8.55. The van der Waals surface area contributed by atoms with Gasteiger partial charge in [0.2, 0.25) is 0 Å². The van der Waals surface area contributed by atoms with Crippen molar-refractivity contribution in [3.05, 3.63) is 23.9 Å². The number of aromatic nitrogens is 1. The fraction of sp³-hybridized carbons (Fsp3) is 0.273. The molecule has 0 atom stereocenters. The van der Waals surface area contributed by atoms with Crippen LogP contribution in [0.5, 0.6) is 5.75 Å². The zero-order valence-corrected chi connectivity index (χ0v) is 9.37. The molecule has 2 rings (SSSR count). The average Bonchev–Trinajstić information content (AvgIpc) is 2.52. The SMILES string of the molecule is COc1cccc2c(SC)c(C)[nH]c12. The van der Waals surface area contributed by atoms with Crippen molar-refractivity contribution in [2.24, 2.45) is 0 Å². The van der Waals surface area contributed by atoms with Crippen LogP contribution in [0.15, 0.2) is 23.1 Å². The second-order valence-electron chi connectivity index (χ2n) is 3.17. The number of fused-ring (bicyclic) bond motifs is 1. The molecule has 1 aromatic heterocycles. The van der Waals surface area contributed by atoms with Gasteiger partial charge >= 0.3 is 0 Å². The van der Waals surface area contributed by atoms with Gasteiger partial charge in [0.15, 0.2) is 0 Å². The van der Waals surface area contributed by atoms with E-state index in [1.54, 1.807) is 18.9 Å². The van der Waals surface area contributed by atoms with Gasteiger partial charge in [-0.25, -0.2) is 0 Å². The Labute approximate surface area is 87.7 Å². The number of nitrogens with one attached hydrogen (secondary N) is 1. The molecular weight excluding hydrogens is 194 g/mol. The van der Waals surface area contributed by atoms with E-state index in [4.69, 9.17) is 4.74 Å². The van der Waals surface area contributed by atoms with Gasteiger partial charge in [-0.2, -0.15) is 0 Å². The van der Waals surface area contributed by atoms with E-state index in [0.717, 1.165) is 11.3 Å². The maximum Gasteiger partial charge on any atom is 0.142 e. The predicted molar refractivity (Wildman–Crippen MR) is 61.4 cm³/mol. The van der Waals surface area contributed by atoms with Gasteiger partial charge in [0, 0.05) is 16.0 Å². The summed E-state index contributed by atoms with van der Waals surface area (Å²) in [5, 5.41) is 1.24. The van der Waals surface area contributed by atoms with Crippen LogP contribution in [0.25, 0.3) is 10.9 Å². The lowest BCUT2D eigenvalue weighted by Gasteiger charge is -2.00. The highest BCUT2D eigenvalue weighted by atomic mass is 32.2. The first kappa shape index (κ1) is 9.46. The maximum absolute atomic E-state index is 5.30. The molecule has 2 nitrogen and oxygen atoms in total. The molecule has 2 aromatic rings. The highest BCUT2D eigenvalue weighted by molar-refractivity contribution is 7.98. The maximum atomic E-state index is 5.30. The van der Waals surface area contributed by atoms with Crippen molar-refractivity contribution >= 4 is 22.7 Å². The second kappa shape index (κ2) is 3.58. The van der Waals surface area contributed by atoms with Crippen LogP contribution in [0.2, 0.25) is 0 Å². The number of rotatable bonds is 2. The summed E-state index contributed by atoms with van der Waals surface area (Å²) in [5.41, 5.74) is 2.30. The number of methoxy groups -OCH3 is 1. The van der Waals surface area contributed by atoms with Crippen LogP contribution in [0, 0.1) is 6.92 Å². The molecule has 0 radical (unpaired) electrons. The van der Waals surface area contributed by atoms with E-state index in [2.05, 4.69) is 24.2 Å². The Morgan fingerprint density at radius 2 is 2.14 bits per heavy atom. The van der Waals surface area contributed by atoms with Crippen LogP contribution in [0.1, 0.15) is 5.69 Å². The molecule has 0 aliphatic heterocycles. The third-order valence-electron chi connectivity index (χ3n) is 2.35. The van der Waals surface area contributed by atoms with Gasteiger partial charge in [-0.05, 0) is 19.2 Å². The number of thioether (sulfide) groups is 1. The van der Waals surface area contributed by atoms with Crippen LogP contribution in [0.4, 0.5) is 0 Å². The molecule has 0 unspecified atom stereocenters. The number of benzene rings is 1. The van der Waals surface area contributed by atoms with Crippen molar-refractivity contribution in [3.63, 3.8) is 0 Å². The molecule has 1 N–H and O–H groups in total. The average molecular weight is 207 g/mol. The van der Waals surface area contributed by atoms with Crippen molar-refractivity contribution in [2.75, 3.05) is 13.4 Å². The molecule has 74 valence electrons. The third-order valence-corrected chi connectivity index (χ3v) is 3.28. The molecule has 0 saturated heterocycles. The molecule has 0 saturated carbocycles. The number of aryl methyl sites for hydroxylation is 1. The summed E-state index contributed by atoms with van der Waals surface area (Å²) in [4.78, 5) is 4.66. The first-order valence-corrected chi connectivity index (χ1v) is 5.69. The molecule has 0 fully saturated rings. The summed E-state index contributed by atoms with van der Waals surface area (Å²) in [5.74, 6) is 0.908. The Hall–Kier alpha value is -1.09. The normalized spacial score (nSPS) is 10.8. The summed E-state index contributed by atoms with van der Waals surface area (Å²) in [7, 11) is 1.70. The Kier molecular flexibility index (Phi) is 2.42. The molecule has 1 aromatic carbocycles. The first-order valence-electron chi connectivity index (χ1n) is 4.47. The Morgan fingerprint density at radius 1 is 1.36 bits per heavy atom. The molecule has 0 bridgehead atoms. The fourth-order valence-electron chi connectivity index (χ4n) is 1.73. The third kappa shape index (κ3) is 1.28. The number of H-pyrrole nitrogens is 1. The van der Waals surface area contributed by atoms with E-state index in [1.807, 2.05) is 12.1 Å². The lowest BCUT2D eigenvalue weighted by Crippen LogP contribution is -1.83. The van der Waals surface area contributed by atoms with Crippen molar-refractivity contribution < 1.29 is 4.74 Å². The molecule has 1 heterocycles. The molecule has 0 amide bonds. The summed E-state index contributed by atoms with van der Waals surface area (Å²) in [6, 6.07) is 6.11. The Balaban J connectivity index is 2.79. The van der Waals surface area contributed by atoms with Crippen LogP contribution in [-0.4, -0.2) is 18.3 Å². The van der Waals surface area contributed by atoms with E-state index in [9.17, 15) is 0 Å². The van der Waals surface area contributed by atoms with Crippen LogP contribution >= 0.6 is 11.8 Å². The van der Waals surface area contributed by atoms with Gasteiger partial charge in [-0.15, -0.1) is 11.8 Å². The molecular formula is C11H13NOS. The lowest BCUT2D eigenvalue weighted by molar-refractivity contribution is 0.419. The lowest BCUT2D eigenvalue weighted by atomic mass is 10.2. The summed E-state index contributed by atoms with van der Waals surface area (Å²) >= 11 is 1.76. The topological polar surface area (TPSA) is 25.0 Å². The Morgan fingerprint density at radius 3 is 2.79 bits per heavy atom. The van der Waals surface area contributed by atoms with Gasteiger partial charge in [-0.1, -0.05) is 12.1 Å². The minimum Gasteiger partial charge on any atom is -0.495 e. The smallest absolute Gasteiger partial charge is 0.142 e. The van der Waals surface area contributed by atoms with Crippen LogP contribution in [-0.2, 0) is 0 Å². The highest BCUT2D eigenvalue weighted by Gasteiger charge is 2.09. The van der Waals surface area contributed by atoms with Crippen LogP contribution < -0.4 is 4.74 Å². The minimum atomic E-state index is 0.908. The number of para-hydroxylation sites is 1. The van der Waals surface area contributed by atoms with Gasteiger partial charge in [-0.3, -0.25) is 0 Å². The van der Waals surface area contributed by atoms with Gasteiger partial charge in [0.1, 0.15) is 5.75 Å². The van der Waals surface area contributed by atoms with E-state index in [1.165, 1.54) is 16.0 Å². The molecule has 3 heteroatoms. The predicted octanol–water partition coefficient (Wildman–Crippen LogP) is 3.21. The van der Waals surface area contributed by atoms with E-state index in [0.29, 0.717) is 0 Å². The first-order chi connectivity index (χ1) is 6.77. The zero-order chi connectivity index (χ0) is 10.1. The van der Waals surface area contributed by atoms with Crippen LogP contribution in [0.3, 0.4) is 0 Å². The quantitative estimate of drug-likeness (QED) is 0.765. The molecule has 14 heavy (non-hydrogen) atoms.